The minimum absolute atomic E-state index is 0.256. The van der Waals surface area contributed by atoms with Crippen LogP contribution in [0.3, 0.4) is 0 Å². The van der Waals surface area contributed by atoms with Crippen LogP contribution in [0.2, 0.25) is 0 Å². The third kappa shape index (κ3) is 17.4. The van der Waals surface area contributed by atoms with Crippen molar-refractivity contribution in [1.29, 1.82) is 0 Å². The summed E-state index contributed by atoms with van der Waals surface area (Å²) in [5.74, 6) is 1.92. The molecule has 0 aromatic carbocycles. The van der Waals surface area contributed by atoms with Crippen LogP contribution in [0.5, 0.6) is 0 Å². The fourth-order valence-corrected chi connectivity index (χ4v) is 6.56. The molecule has 0 spiro atoms. The minimum atomic E-state index is -5.05. The molecule has 3 aliphatic carbocycles. The normalized spacial score (nSPS) is 22.3. The quantitative estimate of drug-likeness (QED) is 0.123. The highest BCUT2D eigenvalue weighted by Gasteiger charge is 2.49. The summed E-state index contributed by atoms with van der Waals surface area (Å²) in [6.45, 7) is 12.7. The van der Waals surface area contributed by atoms with Crippen LogP contribution in [0, 0.1) is 17.3 Å². The van der Waals surface area contributed by atoms with Crippen LogP contribution in [0.4, 0.5) is 0 Å². The van der Waals surface area contributed by atoms with Crippen molar-refractivity contribution >= 4 is 31.3 Å². The van der Waals surface area contributed by atoms with E-state index in [1.54, 1.807) is 11.6 Å². The second-order valence-electron chi connectivity index (χ2n) is 9.76. The monoisotopic (exact) mass is 628 g/mol. The van der Waals surface area contributed by atoms with Gasteiger partial charge in [-0.25, -0.2) is 18.3 Å². The van der Waals surface area contributed by atoms with Gasteiger partial charge in [-0.05, 0) is 70.6 Å². The third-order valence-corrected chi connectivity index (χ3v) is 9.78. The van der Waals surface area contributed by atoms with Crippen molar-refractivity contribution in [2.24, 2.45) is 17.3 Å². The molecule has 0 heterocycles. The zero-order valence-corrected chi connectivity index (χ0v) is 25.8. The van der Waals surface area contributed by atoms with E-state index in [0.717, 1.165) is 30.3 Å². The Labute approximate surface area is 223 Å². The molecule has 3 aliphatic rings. The lowest BCUT2D eigenvalue weighted by molar-refractivity contribution is -0.00579. The summed E-state index contributed by atoms with van der Waals surface area (Å²) in [6.07, 6.45) is 10.5. The zero-order valence-electron chi connectivity index (χ0n) is 22.2. The van der Waals surface area contributed by atoms with Crippen molar-refractivity contribution in [3.63, 3.8) is 0 Å². The third-order valence-electron chi connectivity index (χ3n) is 5.93. The van der Waals surface area contributed by atoms with Crippen LogP contribution < -0.4 is 0 Å². The lowest BCUT2D eigenvalue weighted by Crippen LogP contribution is -2.47. The number of allylic oxidation sites excluding steroid dienone is 5. The molecule has 18 heteroatoms. The van der Waals surface area contributed by atoms with Gasteiger partial charge < -0.3 is 34.3 Å². The fraction of sp³-hybridized carbons (Fsp3) is 0.700. The van der Waals surface area contributed by atoms with E-state index in [9.17, 15) is 18.3 Å². The Morgan fingerprint density at radius 2 is 1.42 bits per heavy atom. The first-order valence-electron chi connectivity index (χ1n) is 11.4. The Hall–Kier alpha value is -0.260. The zero-order chi connectivity index (χ0) is 30.2. The number of rotatable bonds is 10. The molecule has 1 fully saturated rings. The van der Waals surface area contributed by atoms with Gasteiger partial charge in [0, 0.05) is 0 Å². The van der Waals surface area contributed by atoms with Gasteiger partial charge in [-0.2, -0.15) is 8.62 Å². The number of phosphoric acid groups is 4. The van der Waals surface area contributed by atoms with Gasteiger partial charge in [0.15, 0.2) is 0 Å². The summed E-state index contributed by atoms with van der Waals surface area (Å²) in [4.78, 5) is 56.8. The van der Waals surface area contributed by atoms with Gasteiger partial charge in [0.1, 0.15) is 0 Å². The van der Waals surface area contributed by atoms with Crippen molar-refractivity contribution in [2.75, 3.05) is 6.61 Å². The SMILES string of the molecule is CC(C)=CCC/C(C)=C/COP(=O)(O)OP(=O)(O)O.CC1=CCC2CC1C2(C)C.O=P(O)(O)OP(=O)(O)O. The van der Waals surface area contributed by atoms with E-state index in [0.29, 0.717) is 5.41 Å². The topological polar surface area (TPSA) is 238 Å². The molecule has 3 unspecified atom stereocenters. The summed E-state index contributed by atoms with van der Waals surface area (Å²) < 4.78 is 51.7. The average Bonchev–Trinajstić information content (AvgIpc) is 2.63. The molecule has 0 aromatic rings. The van der Waals surface area contributed by atoms with E-state index in [4.69, 9.17) is 34.3 Å². The fourth-order valence-electron chi connectivity index (χ4n) is 3.92. The van der Waals surface area contributed by atoms with Crippen molar-refractivity contribution in [3.05, 3.63) is 34.9 Å². The van der Waals surface area contributed by atoms with Gasteiger partial charge in [0.2, 0.25) is 0 Å². The predicted molar refractivity (Wildman–Crippen MR) is 140 cm³/mol. The summed E-state index contributed by atoms with van der Waals surface area (Å²) in [7, 11) is -19.9. The molecule has 0 saturated heterocycles. The molecule has 14 nitrogen and oxygen atoms in total. The van der Waals surface area contributed by atoms with Crippen molar-refractivity contribution in [3.8, 4) is 0 Å². The van der Waals surface area contributed by atoms with Crippen molar-refractivity contribution in [2.45, 2.75) is 67.2 Å². The van der Waals surface area contributed by atoms with Gasteiger partial charge in [0.25, 0.3) is 0 Å². The summed E-state index contributed by atoms with van der Waals surface area (Å²) >= 11 is 0. The molecule has 0 aromatic heterocycles. The van der Waals surface area contributed by atoms with Gasteiger partial charge in [-0.15, -0.1) is 0 Å². The molecule has 0 aliphatic heterocycles. The van der Waals surface area contributed by atoms with Crippen LogP contribution in [0.15, 0.2) is 34.9 Å². The van der Waals surface area contributed by atoms with Crippen LogP contribution in [-0.4, -0.2) is 40.9 Å². The summed E-state index contributed by atoms with van der Waals surface area (Å²) in [5.41, 5.74) is 4.43. The average molecular weight is 628 g/mol. The Kier molecular flexibility index (Phi) is 15.0. The Morgan fingerprint density at radius 3 is 1.74 bits per heavy atom. The molecule has 3 atom stereocenters. The second kappa shape index (κ2) is 15.1. The molecule has 0 amide bonds. The maximum Gasteiger partial charge on any atom is 0.481 e. The Morgan fingerprint density at radius 1 is 0.921 bits per heavy atom. The second-order valence-corrected chi connectivity index (χ2v) is 15.2. The first-order chi connectivity index (χ1) is 16.8. The Balaban J connectivity index is 0.000000598. The van der Waals surface area contributed by atoms with E-state index >= 15 is 0 Å². The predicted octanol–water partition coefficient (Wildman–Crippen LogP) is 5.09. The molecule has 3 rings (SSSR count). The molecular formula is C20H40O14P4. The molecule has 38 heavy (non-hydrogen) atoms. The van der Waals surface area contributed by atoms with Gasteiger partial charge in [0.05, 0.1) is 6.61 Å². The maximum atomic E-state index is 11.1. The van der Waals surface area contributed by atoms with Gasteiger partial charge in [-0.1, -0.05) is 48.8 Å². The number of fused-ring (bicyclic) bond motifs is 1. The maximum absolute atomic E-state index is 11.1. The molecule has 2 bridgehead atoms. The lowest BCUT2D eigenvalue weighted by Gasteiger charge is -2.56. The van der Waals surface area contributed by atoms with Crippen LogP contribution in [-0.2, 0) is 31.4 Å². The lowest BCUT2D eigenvalue weighted by atomic mass is 9.49. The van der Waals surface area contributed by atoms with Crippen LogP contribution >= 0.6 is 31.3 Å². The first kappa shape index (κ1) is 37.7. The molecule has 1 saturated carbocycles. The summed E-state index contributed by atoms with van der Waals surface area (Å²) in [5, 5.41) is 0. The van der Waals surface area contributed by atoms with E-state index in [-0.39, 0.29) is 6.61 Å². The van der Waals surface area contributed by atoms with Gasteiger partial charge in [-0.3, -0.25) is 4.52 Å². The van der Waals surface area contributed by atoms with Gasteiger partial charge >= 0.3 is 31.3 Å². The standard InChI is InChI=1S/C10H20O7P2.C10H16.H4O7P2/c1-9(2)5-4-6-10(3)7-8-16-19(14,15)17-18(11,12)13;1-7-4-5-8-6-9(7)10(8,2)3;1-8(2,3)7-9(4,5)6/h5,7H,4,6,8H2,1-3H3,(H,14,15)(H2,11,12,13);4,8-9H,5-6H2,1-3H3;(H2,1,2,3)(H2,4,5,6)/b10-7+;;. The minimum Gasteiger partial charge on any atom is -0.302 e. The molecule has 0 radical (unpaired) electrons. The highest BCUT2D eigenvalue weighted by Crippen LogP contribution is 2.59. The molecular weight excluding hydrogens is 588 g/mol. The number of hydrogen-bond donors (Lipinski definition) is 7. The highest BCUT2D eigenvalue weighted by molar-refractivity contribution is 7.60. The van der Waals surface area contributed by atoms with Crippen LogP contribution in [0.25, 0.3) is 0 Å². The Bertz CT molecular complexity index is 1040. The summed E-state index contributed by atoms with van der Waals surface area (Å²) in [6, 6.07) is 0. The number of phosphoric ester groups is 1. The molecule has 224 valence electrons. The van der Waals surface area contributed by atoms with E-state index in [1.165, 1.54) is 18.4 Å². The van der Waals surface area contributed by atoms with E-state index in [2.05, 4.69) is 46.1 Å². The highest BCUT2D eigenvalue weighted by atomic mass is 31.3. The largest absolute Gasteiger partial charge is 0.481 e. The van der Waals surface area contributed by atoms with E-state index in [1.807, 2.05) is 20.8 Å². The smallest absolute Gasteiger partial charge is 0.302 e. The first-order valence-corrected chi connectivity index (χ1v) is 17.5. The molecule has 7 N–H and O–H groups in total. The van der Waals surface area contributed by atoms with Crippen molar-refractivity contribution in [1.82, 2.24) is 0 Å². The van der Waals surface area contributed by atoms with E-state index < -0.39 is 31.3 Å². The number of hydrogen-bond acceptors (Lipinski definition) is 7. The van der Waals surface area contributed by atoms with Crippen molar-refractivity contribution < 1.29 is 65.7 Å². The van der Waals surface area contributed by atoms with Crippen LogP contribution in [0.1, 0.15) is 67.2 Å².